The standard InChI is InChI=1S/C10H14N4O/c1-11-8(6-15)5-14-7-13-10-9(14)3-2-4-12-10/h2-4,7-8,11,15H,5-6H2,1H3. The van der Waals surface area contributed by atoms with Crippen molar-refractivity contribution in [3.05, 3.63) is 24.7 Å². The van der Waals surface area contributed by atoms with Crippen molar-refractivity contribution < 1.29 is 5.11 Å². The molecule has 0 saturated carbocycles. The van der Waals surface area contributed by atoms with E-state index < -0.39 is 0 Å². The van der Waals surface area contributed by atoms with E-state index in [-0.39, 0.29) is 12.6 Å². The van der Waals surface area contributed by atoms with Crippen LogP contribution in [0, 0.1) is 0 Å². The number of aliphatic hydroxyl groups is 1. The molecule has 0 aliphatic carbocycles. The van der Waals surface area contributed by atoms with Crippen molar-refractivity contribution in [2.45, 2.75) is 12.6 Å². The first-order valence-corrected chi connectivity index (χ1v) is 4.89. The molecule has 5 heteroatoms. The monoisotopic (exact) mass is 206 g/mol. The molecule has 0 aromatic carbocycles. The molecule has 0 aliphatic rings. The maximum Gasteiger partial charge on any atom is 0.177 e. The van der Waals surface area contributed by atoms with E-state index in [0.717, 1.165) is 11.2 Å². The molecule has 2 rings (SSSR count). The molecule has 0 radical (unpaired) electrons. The van der Waals surface area contributed by atoms with Gasteiger partial charge in [0.05, 0.1) is 18.5 Å². The van der Waals surface area contributed by atoms with Crippen molar-refractivity contribution in [3.63, 3.8) is 0 Å². The van der Waals surface area contributed by atoms with Gasteiger partial charge in [0.2, 0.25) is 0 Å². The van der Waals surface area contributed by atoms with E-state index in [9.17, 15) is 0 Å². The molecular formula is C10H14N4O. The summed E-state index contributed by atoms with van der Waals surface area (Å²) in [6.45, 7) is 0.797. The molecule has 0 amide bonds. The fraction of sp³-hybridized carbons (Fsp3) is 0.400. The predicted octanol–water partition coefficient (Wildman–Crippen LogP) is 0.0116. The Morgan fingerprint density at radius 3 is 3.13 bits per heavy atom. The minimum Gasteiger partial charge on any atom is -0.395 e. The normalized spacial score (nSPS) is 13.2. The predicted molar refractivity (Wildman–Crippen MR) is 57.5 cm³/mol. The molecule has 5 nitrogen and oxygen atoms in total. The minimum atomic E-state index is 0.0441. The highest BCUT2D eigenvalue weighted by atomic mass is 16.3. The number of likely N-dealkylation sites (N-methyl/N-ethyl adjacent to an activating group) is 1. The topological polar surface area (TPSA) is 63.0 Å². The van der Waals surface area contributed by atoms with Crippen LogP contribution in [0.5, 0.6) is 0 Å². The van der Waals surface area contributed by atoms with Gasteiger partial charge in [-0.2, -0.15) is 0 Å². The van der Waals surface area contributed by atoms with Gasteiger partial charge in [-0.3, -0.25) is 0 Å². The largest absolute Gasteiger partial charge is 0.395 e. The van der Waals surface area contributed by atoms with Crippen LogP contribution in [0.1, 0.15) is 0 Å². The Kier molecular flexibility index (Phi) is 2.94. The maximum absolute atomic E-state index is 9.09. The number of aliphatic hydroxyl groups excluding tert-OH is 1. The number of rotatable bonds is 4. The molecule has 0 bridgehead atoms. The first-order valence-electron chi connectivity index (χ1n) is 4.89. The Morgan fingerprint density at radius 2 is 2.40 bits per heavy atom. The summed E-state index contributed by atoms with van der Waals surface area (Å²) in [4.78, 5) is 8.33. The lowest BCUT2D eigenvalue weighted by Gasteiger charge is -2.13. The summed E-state index contributed by atoms with van der Waals surface area (Å²) in [5, 5.41) is 12.1. The van der Waals surface area contributed by atoms with Gasteiger partial charge in [-0.1, -0.05) is 0 Å². The number of aromatic nitrogens is 3. The number of imidazole rings is 1. The van der Waals surface area contributed by atoms with Crippen LogP contribution in [0.15, 0.2) is 24.7 Å². The lowest BCUT2D eigenvalue weighted by Crippen LogP contribution is -2.33. The molecule has 2 N–H and O–H groups in total. The molecule has 1 atom stereocenters. The van der Waals surface area contributed by atoms with Gasteiger partial charge in [0.25, 0.3) is 0 Å². The third-order valence-corrected chi connectivity index (χ3v) is 2.44. The summed E-state index contributed by atoms with van der Waals surface area (Å²) in [6, 6.07) is 3.90. The number of nitrogens with zero attached hydrogens (tertiary/aromatic N) is 3. The lowest BCUT2D eigenvalue weighted by molar-refractivity contribution is 0.236. The van der Waals surface area contributed by atoms with Gasteiger partial charge in [-0.05, 0) is 19.2 Å². The number of pyridine rings is 1. The fourth-order valence-corrected chi connectivity index (χ4v) is 1.52. The molecule has 0 fully saturated rings. The second-order valence-corrected chi connectivity index (χ2v) is 3.41. The zero-order chi connectivity index (χ0) is 10.7. The second kappa shape index (κ2) is 4.37. The molecule has 0 aliphatic heterocycles. The molecule has 15 heavy (non-hydrogen) atoms. The van der Waals surface area contributed by atoms with E-state index in [4.69, 9.17) is 5.11 Å². The molecule has 2 aromatic rings. The third-order valence-electron chi connectivity index (χ3n) is 2.44. The van der Waals surface area contributed by atoms with E-state index >= 15 is 0 Å². The van der Waals surface area contributed by atoms with Crippen LogP contribution in [0.4, 0.5) is 0 Å². The van der Waals surface area contributed by atoms with E-state index in [1.165, 1.54) is 0 Å². The third kappa shape index (κ3) is 1.98. The van der Waals surface area contributed by atoms with Crippen LogP contribution in [0.25, 0.3) is 11.2 Å². The van der Waals surface area contributed by atoms with Crippen molar-refractivity contribution in [3.8, 4) is 0 Å². The average molecular weight is 206 g/mol. The molecule has 1 unspecified atom stereocenters. The van der Waals surface area contributed by atoms with Crippen LogP contribution in [0.3, 0.4) is 0 Å². The van der Waals surface area contributed by atoms with E-state index in [2.05, 4.69) is 15.3 Å². The zero-order valence-electron chi connectivity index (χ0n) is 8.59. The van der Waals surface area contributed by atoms with Gasteiger partial charge < -0.3 is 15.0 Å². The van der Waals surface area contributed by atoms with Gasteiger partial charge >= 0.3 is 0 Å². The smallest absolute Gasteiger partial charge is 0.177 e. The Bertz CT molecular complexity index is 436. The highest BCUT2D eigenvalue weighted by Crippen LogP contribution is 2.09. The molecule has 80 valence electrons. The van der Waals surface area contributed by atoms with Crippen molar-refractivity contribution in [2.24, 2.45) is 0 Å². The highest BCUT2D eigenvalue weighted by molar-refractivity contribution is 5.70. The van der Waals surface area contributed by atoms with Crippen LogP contribution >= 0.6 is 0 Å². The average Bonchev–Trinajstić information content (AvgIpc) is 2.69. The Morgan fingerprint density at radius 1 is 1.53 bits per heavy atom. The van der Waals surface area contributed by atoms with E-state index in [0.29, 0.717) is 6.54 Å². The summed E-state index contributed by atoms with van der Waals surface area (Å²) in [5.41, 5.74) is 1.73. The van der Waals surface area contributed by atoms with Crippen LogP contribution in [0.2, 0.25) is 0 Å². The van der Waals surface area contributed by atoms with Crippen LogP contribution < -0.4 is 5.32 Å². The van der Waals surface area contributed by atoms with Crippen LogP contribution in [-0.4, -0.2) is 39.3 Å². The zero-order valence-corrected chi connectivity index (χ0v) is 8.59. The highest BCUT2D eigenvalue weighted by Gasteiger charge is 2.08. The summed E-state index contributed by atoms with van der Waals surface area (Å²) < 4.78 is 1.99. The Balaban J connectivity index is 2.28. The van der Waals surface area contributed by atoms with Crippen molar-refractivity contribution in [1.29, 1.82) is 0 Å². The minimum absolute atomic E-state index is 0.0441. The van der Waals surface area contributed by atoms with Gasteiger partial charge in [0.1, 0.15) is 0 Å². The number of hydrogen-bond acceptors (Lipinski definition) is 4. The summed E-state index contributed by atoms with van der Waals surface area (Å²) >= 11 is 0. The second-order valence-electron chi connectivity index (χ2n) is 3.41. The molecule has 2 aromatic heterocycles. The molecule has 2 heterocycles. The maximum atomic E-state index is 9.09. The van der Waals surface area contributed by atoms with Gasteiger partial charge in [-0.15, -0.1) is 0 Å². The number of fused-ring (bicyclic) bond motifs is 1. The fourth-order valence-electron chi connectivity index (χ4n) is 1.52. The summed E-state index contributed by atoms with van der Waals surface area (Å²) in [5.74, 6) is 0. The number of hydrogen-bond donors (Lipinski definition) is 2. The molecule has 0 spiro atoms. The van der Waals surface area contributed by atoms with Crippen molar-refractivity contribution >= 4 is 11.2 Å². The van der Waals surface area contributed by atoms with Gasteiger partial charge in [-0.25, -0.2) is 9.97 Å². The molecule has 0 saturated heterocycles. The Labute approximate surface area is 87.8 Å². The Hall–Kier alpha value is -1.46. The summed E-state index contributed by atoms with van der Waals surface area (Å²) in [6.07, 6.45) is 3.47. The van der Waals surface area contributed by atoms with Crippen molar-refractivity contribution in [2.75, 3.05) is 13.7 Å². The first-order chi connectivity index (χ1) is 7.35. The number of nitrogens with one attached hydrogen (secondary N) is 1. The quantitative estimate of drug-likeness (QED) is 0.739. The van der Waals surface area contributed by atoms with Gasteiger partial charge in [0, 0.05) is 18.8 Å². The van der Waals surface area contributed by atoms with Crippen LogP contribution in [-0.2, 0) is 6.54 Å². The lowest BCUT2D eigenvalue weighted by atomic mass is 10.3. The van der Waals surface area contributed by atoms with E-state index in [1.54, 1.807) is 12.5 Å². The van der Waals surface area contributed by atoms with Crippen molar-refractivity contribution in [1.82, 2.24) is 19.9 Å². The van der Waals surface area contributed by atoms with E-state index in [1.807, 2.05) is 23.7 Å². The SMILES string of the molecule is CNC(CO)Cn1cnc2ncccc21. The first kappa shape index (κ1) is 10.1. The van der Waals surface area contributed by atoms with Gasteiger partial charge in [0.15, 0.2) is 5.65 Å². The molecular weight excluding hydrogens is 192 g/mol. The summed E-state index contributed by atoms with van der Waals surface area (Å²) in [7, 11) is 1.83.